The van der Waals surface area contributed by atoms with E-state index in [1.807, 2.05) is 25.1 Å². The summed E-state index contributed by atoms with van der Waals surface area (Å²) in [6.07, 6.45) is 0.738. The van der Waals surface area contributed by atoms with Crippen LogP contribution in [0.25, 0.3) is 0 Å². The van der Waals surface area contributed by atoms with Crippen molar-refractivity contribution in [1.82, 2.24) is 0 Å². The van der Waals surface area contributed by atoms with Gasteiger partial charge in [-0.25, -0.2) is 4.99 Å². The van der Waals surface area contributed by atoms with Crippen LogP contribution in [-0.2, 0) is 0 Å². The Balaban J connectivity index is 3.03. The van der Waals surface area contributed by atoms with Gasteiger partial charge < -0.3 is 5.73 Å². The zero-order valence-electron chi connectivity index (χ0n) is 7.22. The van der Waals surface area contributed by atoms with Gasteiger partial charge in [-0.15, -0.1) is 0 Å². The molecule has 2 N–H and O–H groups in total. The summed E-state index contributed by atoms with van der Waals surface area (Å²) in [6, 6.07) is 5.69. The van der Waals surface area contributed by atoms with Crippen molar-refractivity contribution in [2.45, 2.75) is 13.3 Å². The highest BCUT2D eigenvalue weighted by atomic mass is 127. The van der Waals surface area contributed by atoms with Gasteiger partial charge in [0.05, 0.1) is 16.5 Å². The van der Waals surface area contributed by atoms with Crippen molar-refractivity contribution in [3.8, 4) is 0 Å². The van der Waals surface area contributed by atoms with Gasteiger partial charge in [-0.3, -0.25) is 0 Å². The van der Waals surface area contributed by atoms with Gasteiger partial charge in [0.2, 0.25) is 0 Å². The van der Waals surface area contributed by atoms with E-state index in [1.54, 1.807) is 0 Å². The second kappa shape index (κ2) is 4.81. The lowest BCUT2D eigenvalue weighted by Gasteiger charge is -2.00. The fourth-order valence-corrected chi connectivity index (χ4v) is 1.70. The summed E-state index contributed by atoms with van der Waals surface area (Å²) >= 11 is 8.16. The summed E-state index contributed by atoms with van der Waals surface area (Å²) in [5, 5.41) is 0.642. The molecule has 0 bridgehead atoms. The van der Waals surface area contributed by atoms with Crippen molar-refractivity contribution in [1.29, 1.82) is 0 Å². The van der Waals surface area contributed by atoms with Crippen molar-refractivity contribution in [2.75, 3.05) is 0 Å². The molecule has 13 heavy (non-hydrogen) atoms. The van der Waals surface area contributed by atoms with Crippen LogP contribution in [0.4, 0.5) is 5.69 Å². The Morgan fingerprint density at radius 1 is 1.62 bits per heavy atom. The number of aliphatic imine (C=N–C) groups is 1. The molecule has 0 radical (unpaired) electrons. The molecule has 0 saturated carbocycles. The number of halogens is 2. The van der Waals surface area contributed by atoms with Gasteiger partial charge in [-0.2, -0.15) is 0 Å². The van der Waals surface area contributed by atoms with Crippen molar-refractivity contribution in [2.24, 2.45) is 10.7 Å². The second-order valence-corrected chi connectivity index (χ2v) is 4.21. The number of nitrogens with zero attached hydrogens (tertiary/aromatic N) is 1. The van der Waals surface area contributed by atoms with Crippen molar-refractivity contribution in [3.05, 3.63) is 26.8 Å². The molecule has 0 spiro atoms. The van der Waals surface area contributed by atoms with Crippen LogP contribution in [0.1, 0.15) is 13.3 Å². The first-order valence-corrected chi connectivity index (χ1v) is 5.37. The largest absolute Gasteiger partial charge is 0.387 e. The monoisotopic (exact) mass is 308 g/mol. The van der Waals surface area contributed by atoms with Gasteiger partial charge in [0.25, 0.3) is 0 Å². The molecule has 0 fully saturated rings. The summed E-state index contributed by atoms with van der Waals surface area (Å²) in [7, 11) is 0. The molecule has 1 rings (SSSR count). The van der Waals surface area contributed by atoms with Crippen LogP contribution in [0, 0.1) is 3.57 Å². The molecular weight excluding hydrogens is 298 g/mol. The van der Waals surface area contributed by atoms with Gasteiger partial charge in [-0.1, -0.05) is 18.5 Å². The summed E-state index contributed by atoms with van der Waals surface area (Å²) in [4.78, 5) is 4.18. The van der Waals surface area contributed by atoms with E-state index in [9.17, 15) is 0 Å². The molecule has 0 aromatic heterocycles. The maximum absolute atomic E-state index is 5.96. The molecule has 0 aliphatic rings. The first-order chi connectivity index (χ1) is 6.13. The van der Waals surface area contributed by atoms with Crippen LogP contribution in [0.2, 0.25) is 5.02 Å². The molecule has 1 aromatic rings. The van der Waals surface area contributed by atoms with E-state index in [2.05, 4.69) is 27.6 Å². The van der Waals surface area contributed by atoms with Gasteiger partial charge in [-0.05, 0) is 40.8 Å². The molecule has 0 aliphatic carbocycles. The van der Waals surface area contributed by atoms with E-state index >= 15 is 0 Å². The third-order valence-electron chi connectivity index (χ3n) is 1.54. The molecule has 0 heterocycles. The smallest absolute Gasteiger partial charge is 0.0994 e. The van der Waals surface area contributed by atoms with Crippen molar-refractivity contribution >= 4 is 45.7 Å². The predicted molar refractivity (Wildman–Crippen MR) is 65.7 cm³/mol. The highest BCUT2D eigenvalue weighted by Crippen LogP contribution is 2.26. The molecule has 0 amide bonds. The lowest BCUT2D eigenvalue weighted by molar-refractivity contribution is 1.24. The number of hydrogen-bond acceptors (Lipinski definition) is 1. The van der Waals surface area contributed by atoms with Gasteiger partial charge in [0.15, 0.2) is 0 Å². The SMILES string of the molecule is CCC(N)=Nc1ccc(I)cc1Cl. The quantitative estimate of drug-likeness (QED) is 0.508. The molecule has 0 unspecified atom stereocenters. The minimum atomic E-state index is 0.600. The molecule has 1 aromatic carbocycles. The fourth-order valence-electron chi connectivity index (χ4n) is 0.806. The minimum absolute atomic E-state index is 0.600. The Kier molecular flexibility index (Phi) is 3.99. The molecule has 70 valence electrons. The number of rotatable bonds is 2. The van der Waals surface area contributed by atoms with Gasteiger partial charge >= 0.3 is 0 Å². The Bertz CT molecular complexity index is 336. The molecule has 0 saturated heterocycles. The van der Waals surface area contributed by atoms with Crippen LogP contribution < -0.4 is 5.73 Å². The molecule has 4 heteroatoms. The zero-order chi connectivity index (χ0) is 9.84. The highest BCUT2D eigenvalue weighted by Gasteiger charge is 1.99. The number of nitrogens with two attached hydrogens (primary N) is 1. The number of amidine groups is 1. The van der Waals surface area contributed by atoms with Crippen molar-refractivity contribution in [3.63, 3.8) is 0 Å². The first-order valence-electron chi connectivity index (χ1n) is 3.91. The van der Waals surface area contributed by atoms with E-state index in [-0.39, 0.29) is 0 Å². The normalized spacial score (nSPS) is 11.8. The number of benzene rings is 1. The van der Waals surface area contributed by atoms with Gasteiger partial charge in [0.1, 0.15) is 0 Å². The van der Waals surface area contributed by atoms with Gasteiger partial charge in [0, 0.05) is 9.99 Å². The Morgan fingerprint density at radius 2 is 2.31 bits per heavy atom. The second-order valence-electron chi connectivity index (χ2n) is 2.55. The minimum Gasteiger partial charge on any atom is -0.387 e. The molecule has 0 aliphatic heterocycles. The van der Waals surface area contributed by atoms with Crippen LogP contribution in [0.5, 0.6) is 0 Å². The summed E-state index contributed by atoms with van der Waals surface area (Å²) in [5.74, 6) is 0.600. The summed E-state index contributed by atoms with van der Waals surface area (Å²) in [6.45, 7) is 1.96. The zero-order valence-corrected chi connectivity index (χ0v) is 10.1. The molecular formula is C9H10ClIN2. The highest BCUT2D eigenvalue weighted by molar-refractivity contribution is 14.1. The van der Waals surface area contributed by atoms with E-state index in [0.29, 0.717) is 10.9 Å². The lowest BCUT2D eigenvalue weighted by Crippen LogP contribution is -2.08. The van der Waals surface area contributed by atoms with Crippen LogP contribution >= 0.6 is 34.2 Å². The third-order valence-corrected chi connectivity index (χ3v) is 2.51. The van der Waals surface area contributed by atoms with Crippen LogP contribution in [-0.4, -0.2) is 5.84 Å². The standard InChI is InChI=1S/C9H10ClIN2/c1-2-9(12)13-8-4-3-6(11)5-7(8)10/h3-5H,2H2,1H3,(H2,12,13). The Morgan fingerprint density at radius 3 is 2.85 bits per heavy atom. The Hall–Kier alpha value is -0.290. The Labute approximate surface area is 96.3 Å². The molecule has 0 atom stereocenters. The average molecular weight is 309 g/mol. The first kappa shape index (κ1) is 10.8. The van der Waals surface area contributed by atoms with Crippen molar-refractivity contribution < 1.29 is 0 Å². The third kappa shape index (κ3) is 3.15. The predicted octanol–water partition coefficient (Wildman–Crippen LogP) is 3.34. The average Bonchev–Trinajstić information content (AvgIpc) is 2.09. The number of hydrogen-bond donors (Lipinski definition) is 1. The van der Waals surface area contributed by atoms with Crippen LogP contribution in [0.3, 0.4) is 0 Å². The molecule has 2 nitrogen and oxygen atoms in total. The maximum atomic E-state index is 5.96. The summed E-state index contributed by atoms with van der Waals surface area (Å²) in [5.41, 5.74) is 6.34. The van der Waals surface area contributed by atoms with E-state index in [1.165, 1.54) is 0 Å². The lowest BCUT2D eigenvalue weighted by atomic mass is 10.3. The van der Waals surface area contributed by atoms with E-state index in [0.717, 1.165) is 15.7 Å². The van der Waals surface area contributed by atoms with Crippen LogP contribution in [0.15, 0.2) is 23.2 Å². The van der Waals surface area contributed by atoms with E-state index in [4.69, 9.17) is 17.3 Å². The van der Waals surface area contributed by atoms with E-state index < -0.39 is 0 Å². The fraction of sp³-hybridized carbons (Fsp3) is 0.222. The topological polar surface area (TPSA) is 38.4 Å². The summed E-state index contributed by atoms with van der Waals surface area (Å²) < 4.78 is 1.09. The maximum Gasteiger partial charge on any atom is 0.0994 e.